The van der Waals surface area contributed by atoms with Crippen LogP contribution in [0.5, 0.6) is 0 Å². The van der Waals surface area contributed by atoms with Gasteiger partial charge in [-0.15, -0.1) is 6.07 Å². The molecule has 0 aliphatic carbocycles. The summed E-state index contributed by atoms with van der Waals surface area (Å²) in [4.78, 5) is 16.6. The third-order valence-electron chi connectivity index (χ3n) is 10.1. The van der Waals surface area contributed by atoms with E-state index in [1.54, 1.807) is 0 Å². The smallest absolute Gasteiger partial charge is 0.512 e. The summed E-state index contributed by atoms with van der Waals surface area (Å²) in [5.74, 6) is 8.01. The summed E-state index contributed by atoms with van der Waals surface area (Å²) >= 11 is 0.220. The molecule has 6 rings (SSSR count). The second kappa shape index (κ2) is 17.5. The minimum atomic E-state index is -1.66. The molecule has 0 saturated heterocycles. The van der Waals surface area contributed by atoms with E-state index in [0.29, 0.717) is 0 Å². The van der Waals surface area contributed by atoms with Crippen LogP contribution >= 0.6 is 11.3 Å². The minimum absolute atomic E-state index is 0. The van der Waals surface area contributed by atoms with Crippen molar-refractivity contribution in [2.45, 2.75) is 102 Å². The molecule has 3 nitrogen and oxygen atoms in total. The monoisotopic (exact) mass is 953 g/mol. The molecular formula is C46H56GeIrNO2S-. The molecule has 1 radical (unpaired) electrons. The fourth-order valence-electron chi connectivity index (χ4n) is 7.21. The molecule has 277 valence electrons. The average molecular weight is 952 g/mol. The Morgan fingerprint density at radius 2 is 1.46 bits per heavy atom. The molecule has 0 atom stereocenters. The van der Waals surface area contributed by atoms with Crippen molar-refractivity contribution in [1.29, 1.82) is 0 Å². The summed E-state index contributed by atoms with van der Waals surface area (Å²) in [6.07, 6.45) is 6.87. The van der Waals surface area contributed by atoms with Crippen molar-refractivity contribution < 1.29 is 30.0 Å². The molecule has 0 amide bonds. The van der Waals surface area contributed by atoms with Crippen LogP contribution in [-0.2, 0) is 35.6 Å². The van der Waals surface area contributed by atoms with E-state index in [-0.39, 0.29) is 48.9 Å². The van der Waals surface area contributed by atoms with Crippen LogP contribution in [0.4, 0.5) is 0 Å². The Hall–Kier alpha value is -2.83. The molecule has 2 aromatic heterocycles. The predicted molar refractivity (Wildman–Crippen MR) is 226 cm³/mol. The number of nitrogens with zero attached hydrogens (tertiary/aromatic N) is 1. The number of carbonyl (C=O) groups is 1. The average Bonchev–Trinajstić information content (AvgIpc) is 3.47. The molecule has 0 spiro atoms. The SMILES string of the molecule is CC(C)(C)c1cc(-c2nccc3c2sc2c4ccc([CH2][Ge]([CH3])([CH3])[CH3])cc4ccc32)[c-]c2ccccc12.CCC(CC)C(=O)/C=C(\O)C(CC)CC.[Ir]. The first-order valence-corrected chi connectivity index (χ1v) is 27.4. The topological polar surface area (TPSA) is 50.2 Å². The quantitative estimate of drug-likeness (QED) is 0.0644. The first-order chi connectivity index (χ1) is 24.2. The zero-order valence-electron chi connectivity index (χ0n) is 32.7. The van der Waals surface area contributed by atoms with Gasteiger partial charge in [-0.05, 0) is 31.1 Å². The number of ketones is 1. The number of hydrogen-bond donors (Lipinski definition) is 1. The Bertz CT molecular complexity index is 2200. The Morgan fingerprint density at radius 1 is 0.827 bits per heavy atom. The van der Waals surface area contributed by atoms with Crippen LogP contribution in [0.1, 0.15) is 85.3 Å². The third-order valence-corrected chi connectivity index (χ3v) is 14.4. The zero-order chi connectivity index (χ0) is 37.1. The van der Waals surface area contributed by atoms with E-state index < -0.39 is 13.3 Å². The molecule has 4 aromatic carbocycles. The molecule has 0 aliphatic heterocycles. The van der Waals surface area contributed by atoms with Crippen molar-refractivity contribution in [2.24, 2.45) is 11.8 Å². The van der Waals surface area contributed by atoms with E-state index in [1.165, 1.54) is 58.8 Å². The number of carbonyl (C=O) groups excluding carboxylic acids is 1. The van der Waals surface area contributed by atoms with Crippen molar-refractivity contribution in [3.8, 4) is 11.3 Å². The zero-order valence-corrected chi connectivity index (χ0v) is 38.0. The van der Waals surface area contributed by atoms with Gasteiger partial charge in [0.15, 0.2) is 5.78 Å². The summed E-state index contributed by atoms with van der Waals surface area (Å²) in [5, 5.41) is 18.8. The van der Waals surface area contributed by atoms with Gasteiger partial charge in [0.1, 0.15) is 0 Å². The van der Waals surface area contributed by atoms with Gasteiger partial charge in [-0.25, -0.2) is 0 Å². The summed E-state index contributed by atoms with van der Waals surface area (Å²) in [7, 11) is 0. The second-order valence-electron chi connectivity index (χ2n) is 16.3. The van der Waals surface area contributed by atoms with Crippen LogP contribution in [0.25, 0.3) is 53.0 Å². The Kier molecular flexibility index (Phi) is 14.1. The van der Waals surface area contributed by atoms with Gasteiger partial charge in [0.2, 0.25) is 0 Å². The molecule has 1 N–H and O–H groups in total. The summed E-state index contributed by atoms with van der Waals surface area (Å²) in [5.41, 5.74) is 4.98. The number of benzene rings is 4. The van der Waals surface area contributed by atoms with Crippen molar-refractivity contribution in [2.75, 3.05) is 0 Å². The van der Waals surface area contributed by atoms with Gasteiger partial charge in [-0.1, -0.05) is 72.1 Å². The number of pyridine rings is 1. The van der Waals surface area contributed by atoms with Crippen LogP contribution in [-0.4, -0.2) is 29.1 Å². The molecule has 52 heavy (non-hydrogen) atoms. The molecule has 0 aliphatic rings. The number of aromatic nitrogens is 1. The molecule has 6 heteroatoms. The number of aliphatic hydroxyl groups excluding tert-OH is 1. The molecule has 0 saturated carbocycles. The number of aliphatic hydroxyl groups is 1. The number of allylic oxidation sites excluding steroid dienone is 2. The van der Waals surface area contributed by atoms with Crippen molar-refractivity contribution in [1.82, 2.24) is 4.98 Å². The molecule has 0 fully saturated rings. The van der Waals surface area contributed by atoms with E-state index in [0.717, 1.165) is 42.3 Å². The summed E-state index contributed by atoms with van der Waals surface area (Å²) < 4.78 is 2.61. The number of hydrogen-bond acceptors (Lipinski definition) is 4. The second-order valence-corrected chi connectivity index (χ2v) is 28.8. The fourth-order valence-corrected chi connectivity index (χ4v) is 11.6. The van der Waals surface area contributed by atoms with Gasteiger partial charge < -0.3 is 5.11 Å². The van der Waals surface area contributed by atoms with Gasteiger partial charge in [0, 0.05) is 38.0 Å². The minimum Gasteiger partial charge on any atom is -0.512 e. The van der Waals surface area contributed by atoms with Crippen LogP contribution in [0.15, 0.2) is 84.8 Å². The molecule has 0 unspecified atom stereocenters. The molecular weight excluding hydrogens is 895 g/mol. The van der Waals surface area contributed by atoms with E-state index in [9.17, 15) is 9.90 Å². The van der Waals surface area contributed by atoms with Gasteiger partial charge in [0.05, 0.1) is 5.76 Å². The van der Waals surface area contributed by atoms with E-state index >= 15 is 0 Å². The van der Waals surface area contributed by atoms with Crippen LogP contribution in [0.2, 0.25) is 17.3 Å². The maximum absolute atomic E-state index is 11.7. The Morgan fingerprint density at radius 3 is 2.10 bits per heavy atom. The van der Waals surface area contributed by atoms with E-state index in [2.05, 4.69) is 111 Å². The first-order valence-electron chi connectivity index (χ1n) is 18.8. The maximum atomic E-state index is 11.7. The van der Waals surface area contributed by atoms with Crippen LogP contribution < -0.4 is 0 Å². The van der Waals surface area contributed by atoms with Crippen LogP contribution in [0.3, 0.4) is 0 Å². The number of fused-ring (bicyclic) bond motifs is 6. The Labute approximate surface area is 332 Å². The van der Waals surface area contributed by atoms with Crippen molar-refractivity contribution >= 4 is 72.1 Å². The first kappa shape index (κ1) is 41.9. The van der Waals surface area contributed by atoms with Crippen molar-refractivity contribution in [3.05, 3.63) is 102 Å². The predicted octanol–water partition coefficient (Wildman–Crippen LogP) is 13.8. The summed E-state index contributed by atoms with van der Waals surface area (Å²) in [6.45, 7) is 14.9. The van der Waals surface area contributed by atoms with Gasteiger partial charge in [0.25, 0.3) is 0 Å². The van der Waals surface area contributed by atoms with Crippen molar-refractivity contribution in [3.63, 3.8) is 0 Å². The van der Waals surface area contributed by atoms with Gasteiger partial charge in [-0.2, -0.15) is 0 Å². The molecule has 2 heterocycles. The number of rotatable bonds is 10. The van der Waals surface area contributed by atoms with E-state index in [1.807, 2.05) is 45.2 Å². The number of thiophene rings is 1. The summed E-state index contributed by atoms with van der Waals surface area (Å²) in [6, 6.07) is 28.6. The van der Waals surface area contributed by atoms with E-state index in [4.69, 9.17) is 4.98 Å². The van der Waals surface area contributed by atoms with Gasteiger partial charge >= 0.3 is 166 Å². The fraction of sp³-hybridized carbons (Fsp3) is 0.391. The normalized spacial score (nSPS) is 12.5. The third kappa shape index (κ3) is 9.45. The Balaban J connectivity index is 0.000000323. The van der Waals surface area contributed by atoms with Crippen LogP contribution in [0, 0.1) is 17.9 Å². The van der Waals surface area contributed by atoms with Gasteiger partial charge in [-0.3, -0.25) is 4.79 Å². The molecule has 6 aromatic rings. The standard InChI is InChI=1S/C33H32GeNS.C13H24O2.Ir/c1-33(2,3)29-19-24(18-22-9-7-8-10-25(22)29)30-32-28(15-16-35-30)27-14-12-23-17-21(20-34(4,5)6)11-13-26(23)31(27)36-32;1-5-10(6-2)12(14)9-13(15)11(7-3)8-4;/h7-17,19H,20H2,1-6H3;9-11,14H,5-8H2,1-4H3;/q-1;;/b;12-9-;. The molecule has 0 bridgehead atoms.